The molecular formula is C13H16F3IN2O. The molecule has 1 N–H and O–H groups in total. The third-order valence-electron chi connectivity index (χ3n) is 2.65. The molecule has 0 aliphatic carbocycles. The molecule has 1 amide bonds. The Bertz CT molecular complexity index is 477. The van der Waals surface area contributed by atoms with Crippen molar-refractivity contribution in [3.63, 3.8) is 0 Å². The second-order valence-electron chi connectivity index (χ2n) is 4.61. The van der Waals surface area contributed by atoms with Gasteiger partial charge in [-0.05, 0) is 60.3 Å². The first-order valence-corrected chi connectivity index (χ1v) is 7.06. The highest BCUT2D eigenvalue weighted by molar-refractivity contribution is 14.1. The highest BCUT2D eigenvalue weighted by Crippen LogP contribution is 2.20. The van der Waals surface area contributed by atoms with E-state index in [1.165, 1.54) is 11.9 Å². The Morgan fingerprint density at radius 1 is 1.40 bits per heavy atom. The second kappa shape index (κ2) is 7.26. The van der Waals surface area contributed by atoms with Crippen molar-refractivity contribution in [3.05, 3.63) is 27.3 Å². The van der Waals surface area contributed by atoms with Crippen molar-refractivity contribution in [1.29, 1.82) is 0 Å². The normalized spacial score (nSPS) is 11.8. The van der Waals surface area contributed by atoms with Crippen LogP contribution in [-0.2, 0) is 4.79 Å². The Labute approximate surface area is 129 Å². The molecule has 1 aromatic carbocycles. The number of hydrogen-bond donors (Lipinski definition) is 1. The molecule has 0 spiro atoms. The van der Waals surface area contributed by atoms with Gasteiger partial charge >= 0.3 is 6.18 Å². The van der Waals surface area contributed by atoms with Crippen LogP contribution in [0.4, 0.5) is 18.9 Å². The van der Waals surface area contributed by atoms with Gasteiger partial charge in [0, 0.05) is 15.8 Å². The van der Waals surface area contributed by atoms with Gasteiger partial charge in [0.05, 0.1) is 13.0 Å². The highest BCUT2D eigenvalue weighted by Gasteiger charge is 2.27. The largest absolute Gasteiger partial charge is 0.390 e. The zero-order chi connectivity index (χ0) is 15.3. The van der Waals surface area contributed by atoms with Gasteiger partial charge in [0.1, 0.15) is 0 Å². The Kier molecular flexibility index (Phi) is 6.25. The zero-order valence-corrected chi connectivity index (χ0v) is 13.4. The van der Waals surface area contributed by atoms with Crippen molar-refractivity contribution in [1.82, 2.24) is 4.90 Å². The molecule has 0 aromatic heterocycles. The zero-order valence-electron chi connectivity index (χ0n) is 11.2. The van der Waals surface area contributed by atoms with Crippen LogP contribution in [0.25, 0.3) is 0 Å². The summed E-state index contributed by atoms with van der Waals surface area (Å²) in [4.78, 5) is 13.1. The SMILES string of the molecule is Cc1cc(I)ccc1NC(=O)CN(C)CCC(F)(F)F. The van der Waals surface area contributed by atoms with Crippen molar-refractivity contribution in [3.8, 4) is 0 Å². The molecule has 0 aliphatic heterocycles. The number of halogens is 4. The van der Waals surface area contributed by atoms with E-state index in [-0.39, 0.29) is 19.0 Å². The van der Waals surface area contributed by atoms with E-state index in [1.54, 1.807) is 6.07 Å². The quantitative estimate of drug-likeness (QED) is 0.769. The topological polar surface area (TPSA) is 32.3 Å². The van der Waals surface area contributed by atoms with Crippen LogP contribution in [-0.4, -0.2) is 37.1 Å². The van der Waals surface area contributed by atoms with E-state index in [9.17, 15) is 18.0 Å². The minimum absolute atomic E-state index is 0.0679. The maximum Gasteiger partial charge on any atom is 0.390 e. The Balaban J connectivity index is 2.47. The third-order valence-corrected chi connectivity index (χ3v) is 3.32. The van der Waals surface area contributed by atoms with Crippen LogP contribution in [0.3, 0.4) is 0 Å². The Morgan fingerprint density at radius 2 is 2.05 bits per heavy atom. The molecule has 112 valence electrons. The van der Waals surface area contributed by atoms with E-state index >= 15 is 0 Å². The summed E-state index contributed by atoms with van der Waals surface area (Å²) in [6.07, 6.45) is -5.11. The molecule has 0 bridgehead atoms. The van der Waals surface area contributed by atoms with Crippen molar-refractivity contribution >= 4 is 34.2 Å². The number of amides is 1. The summed E-state index contributed by atoms with van der Waals surface area (Å²) in [7, 11) is 1.49. The molecular weight excluding hydrogens is 384 g/mol. The molecule has 0 heterocycles. The number of nitrogens with one attached hydrogen (secondary N) is 1. The standard InChI is InChI=1S/C13H16F3IN2O/c1-9-7-10(17)3-4-11(9)18-12(20)8-19(2)6-5-13(14,15)16/h3-4,7H,5-6,8H2,1-2H3,(H,18,20). The molecule has 1 rings (SSSR count). The number of benzene rings is 1. The average Bonchev–Trinajstić information content (AvgIpc) is 2.29. The van der Waals surface area contributed by atoms with Gasteiger partial charge in [0.2, 0.25) is 5.91 Å². The minimum Gasteiger partial charge on any atom is -0.325 e. The number of alkyl halides is 3. The van der Waals surface area contributed by atoms with E-state index in [0.717, 1.165) is 9.13 Å². The maximum absolute atomic E-state index is 12.1. The number of likely N-dealkylation sites (N-methyl/N-ethyl adjacent to an activating group) is 1. The van der Waals surface area contributed by atoms with Gasteiger partial charge in [-0.3, -0.25) is 9.69 Å². The van der Waals surface area contributed by atoms with Crippen molar-refractivity contribution in [2.45, 2.75) is 19.5 Å². The van der Waals surface area contributed by atoms with Crippen molar-refractivity contribution in [2.24, 2.45) is 0 Å². The van der Waals surface area contributed by atoms with E-state index in [0.29, 0.717) is 5.69 Å². The number of carbonyl (C=O) groups excluding carboxylic acids is 1. The fraction of sp³-hybridized carbons (Fsp3) is 0.462. The van der Waals surface area contributed by atoms with E-state index in [1.807, 2.05) is 19.1 Å². The summed E-state index contributed by atoms with van der Waals surface area (Å²) in [6.45, 7) is 1.61. The number of nitrogens with zero attached hydrogens (tertiary/aromatic N) is 1. The van der Waals surface area contributed by atoms with Gasteiger partial charge < -0.3 is 5.32 Å². The maximum atomic E-state index is 12.1. The first-order chi connectivity index (χ1) is 9.17. The number of anilines is 1. The Morgan fingerprint density at radius 3 is 2.60 bits per heavy atom. The van der Waals surface area contributed by atoms with Gasteiger partial charge in [0.25, 0.3) is 0 Å². The average molecular weight is 400 g/mol. The number of hydrogen-bond acceptors (Lipinski definition) is 2. The number of rotatable bonds is 5. The minimum atomic E-state index is -4.20. The fourth-order valence-electron chi connectivity index (χ4n) is 1.60. The van der Waals surface area contributed by atoms with Gasteiger partial charge in [-0.15, -0.1) is 0 Å². The summed E-state index contributed by atoms with van der Waals surface area (Å²) in [5, 5.41) is 2.70. The van der Waals surface area contributed by atoms with E-state index in [2.05, 4.69) is 27.9 Å². The number of aryl methyl sites for hydroxylation is 1. The van der Waals surface area contributed by atoms with Gasteiger partial charge in [0.15, 0.2) is 0 Å². The van der Waals surface area contributed by atoms with Crippen LogP contribution in [0.5, 0.6) is 0 Å². The molecule has 20 heavy (non-hydrogen) atoms. The van der Waals surface area contributed by atoms with Crippen molar-refractivity contribution in [2.75, 3.05) is 25.5 Å². The fourth-order valence-corrected chi connectivity index (χ4v) is 2.25. The molecule has 3 nitrogen and oxygen atoms in total. The van der Waals surface area contributed by atoms with Gasteiger partial charge in [-0.25, -0.2) is 0 Å². The molecule has 0 fully saturated rings. The monoisotopic (exact) mass is 400 g/mol. The lowest BCUT2D eigenvalue weighted by Crippen LogP contribution is -2.32. The second-order valence-corrected chi connectivity index (χ2v) is 5.86. The lowest BCUT2D eigenvalue weighted by molar-refractivity contribution is -0.138. The lowest BCUT2D eigenvalue weighted by atomic mass is 10.2. The van der Waals surface area contributed by atoms with Crippen LogP contribution >= 0.6 is 22.6 Å². The van der Waals surface area contributed by atoms with Crippen LogP contribution in [0.15, 0.2) is 18.2 Å². The smallest absolute Gasteiger partial charge is 0.325 e. The molecule has 0 radical (unpaired) electrons. The molecule has 0 atom stereocenters. The van der Waals surface area contributed by atoms with E-state index < -0.39 is 12.6 Å². The summed E-state index contributed by atoms with van der Waals surface area (Å²) >= 11 is 2.17. The molecule has 0 unspecified atom stereocenters. The van der Waals surface area contributed by atoms with Crippen LogP contribution in [0, 0.1) is 10.5 Å². The lowest BCUT2D eigenvalue weighted by Gasteiger charge is -2.17. The summed E-state index contributed by atoms with van der Waals surface area (Å²) in [5.41, 5.74) is 1.60. The first-order valence-electron chi connectivity index (χ1n) is 5.98. The molecule has 0 saturated carbocycles. The van der Waals surface area contributed by atoms with Crippen LogP contribution < -0.4 is 5.32 Å². The van der Waals surface area contributed by atoms with Crippen LogP contribution in [0.1, 0.15) is 12.0 Å². The predicted molar refractivity (Wildman–Crippen MR) is 80.7 cm³/mol. The summed E-state index contributed by atoms with van der Waals surface area (Å²) in [6, 6.07) is 5.56. The summed E-state index contributed by atoms with van der Waals surface area (Å²) in [5.74, 6) is -0.320. The van der Waals surface area contributed by atoms with Crippen LogP contribution in [0.2, 0.25) is 0 Å². The highest BCUT2D eigenvalue weighted by atomic mass is 127. The molecule has 1 aromatic rings. The Hall–Kier alpha value is -0.830. The van der Waals surface area contributed by atoms with Gasteiger partial charge in [-0.2, -0.15) is 13.2 Å². The first kappa shape index (κ1) is 17.2. The summed E-state index contributed by atoms with van der Waals surface area (Å²) < 4.78 is 37.2. The van der Waals surface area contributed by atoms with Crippen molar-refractivity contribution < 1.29 is 18.0 Å². The predicted octanol–water partition coefficient (Wildman–Crippen LogP) is 3.42. The van der Waals surface area contributed by atoms with Gasteiger partial charge in [-0.1, -0.05) is 0 Å². The third kappa shape index (κ3) is 6.56. The molecule has 7 heteroatoms. The molecule has 0 saturated heterocycles. The van der Waals surface area contributed by atoms with E-state index in [4.69, 9.17) is 0 Å². The number of carbonyl (C=O) groups is 1. The molecule has 0 aliphatic rings.